The second-order valence-corrected chi connectivity index (χ2v) is 6.24. The largest absolute Gasteiger partial charge is 0.395 e. The number of ether oxygens (including phenoxy) is 1. The molecule has 0 saturated heterocycles. The Labute approximate surface area is 140 Å². The lowest BCUT2D eigenvalue weighted by Crippen LogP contribution is -2.55. The van der Waals surface area contributed by atoms with Crippen LogP contribution in [0.15, 0.2) is 36.5 Å². The molecule has 1 amide bonds. The highest BCUT2D eigenvalue weighted by atomic mass is 16.5. The highest BCUT2D eigenvalue weighted by Crippen LogP contribution is 2.43. The van der Waals surface area contributed by atoms with Crippen LogP contribution < -0.4 is 5.32 Å². The predicted octanol–water partition coefficient (Wildman–Crippen LogP) is 0.747. The molecule has 1 aromatic carbocycles. The number of carbonyl (C=O) groups excluding carboxylic acids is 1. The van der Waals surface area contributed by atoms with Crippen LogP contribution >= 0.6 is 0 Å². The summed E-state index contributed by atoms with van der Waals surface area (Å²) in [5, 5.41) is 20.6. The van der Waals surface area contributed by atoms with Crippen molar-refractivity contribution in [2.24, 2.45) is 0 Å². The van der Waals surface area contributed by atoms with Crippen LogP contribution in [0, 0.1) is 0 Å². The molecule has 2 N–H and O–H groups in total. The monoisotopic (exact) mass is 330 g/mol. The molecule has 128 valence electrons. The Morgan fingerprint density at radius 3 is 2.83 bits per heavy atom. The van der Waals surface area contributed by atoms with E-state index in [4.69, 9.17) is 4.74 Å². The van der Waals surface area contributed by atoms with Gasteiger partial charge in [-0.2, -0.15) is 0 Å². The van der Waals surface area contributed by atoms with Crippen molar-refractivity contribution in [3.05, 3.63) is 47.8 Å². The molecule has 0 bridgehead atoms. The molecule has 7 heteroatoms. The topological polar surface area (TPSA) is 89.3 Å². The Morgan fingerprint density at radius 1 is 1.42 bits per heavy atom. The second-order valence-electron chi connectivity index (χ2n) is 6.24. The van der Waals surface area contributed by atoms with Gasteiger partial charge in [0, 0.05) is 18.6 Å². The molecule has 2 aromatic rings. The van der Waals surface area contributed by atoms with E-state index in [0.717, 1.165) is 18.4 Å². The van der Waals surface area contributed by atoms with Crippen molar-refractivity contribution in [1.29, 1.82) is 0 Å². The van der Waals surface area contributed by atoms with Gasteiger partial charge < -0.3 is 15.2 Å². The van der Waals surface area contributed by atoms with Crippen molar-refractivity contribution in [3.63, 3.8) is 0 Å². The van der Waals surface area contributed by atoms with E-state index in [2.05, 4.69) is 15.6 Å². The minimum absolute atomic E-state index is 0.0361. The van der Waals surface area contributed by atoms with Crippen LogP contribution in [0.5, 0.6) is 0 Å². The molecule has 7 nitrogen and oxygen atoms in total. The summed E-state index contributed by atoms with van der Waals surface area (Å²) in [4.78, 5) is 12.3. The van der Waals surface area contributed by atoms with E-state index in [9.17, 15) is 9.90 Å². The third kappa shape index (κ3) is 3.32. The number of carbonyl (C=O) groups is 1. The Morgan fingerprint density at radius 2 is 2.17 bits per heavy atom. The van der Waals surface area contributed by atoms with E-state index < -0.39 is 0 Å². The van der Waals surface area contributed by atoms with Gasteiger partial charge in [-0.05, 0) is 18.4 Å². The molecule has 0 unspecified atom stereocenters. The van der Waals surface area contributed by atoms with Gasteiger partial charge in [0.2, 0.25) is 0 Å². The summed E-state index contributed by atoms with van der Waals surface area (Å²) in [6.45, 7) is 1.15. The van der Waals surface area contributed by atoms with Crippen LogP contribution in [-0.4, -0.2) is 52.4 Å². The average molecular weight is 330 g/mol. The lowest BCUT2D eigenvalue weighted by molar-refractivity contribution is 0.0697. The van der Waals surface area contributed by atoms with E-state index in [1.807, 2.05) is 30.3 Å². The quantitative estimate of drug-likeness (QED) is 0.782. The number of rotatable bonds is 7. The van der Waals surface area contributed by atoms with Gasteiger partial charge in [0.15, 0.2) is 5.69 Å². The fourth-order valence-corrected chi connectivity index (χ4v) is 3.19. The first kappa shape index (κ1) is 16.6. The number of nitrogens with one attached hydrogen (secondary N) is 1. The van der Waals surface area contributed by atoms with Crippen LogP contribution in [-0.2, 0) is 16.7 Å². The van der Waals surface area contributed by atoms with Gasteiger partial charge in [-0.25, -0.2) is 4.68 Å². The third-order valence-electron chi connectivity index (χ3n) is 4.59. The molecule has 1 saturated carbocycles. The van der Waals surface area contributed by atoms with Gasteiger partial charge in [-0.1, -0.05) is 35.5 Å². The standard InChI is InChI=1S/C17H22N4O3/c1-24-8-7-21-11-15(19-20-21)16(23)18-14-9-17(10-14,12-22)13-5-3-2-4-6-13/h2-6,11,14,22H,7-10,12H2,1H3,(H,18,23). The number of aliphatic hydroxyl groups excluding tert-OH is 1. The lowest BCUT2D eigenvalue weighted by atomic mass is 9.62. The summed E-state index contributed by atoms with van der Waals surface area (Å²) in [7, 11) is 1.61. The molecule has 3 rings (SSSR count). The molecule has 0 atom stereocenters. The zero-order valence-corrected chi connectivity index (χ0v) is 13.7. The van der Waals surface area contributed by atoms with Crippen molar-refractivity contribution in [1.82, 2.24) is 20.3 Å². The van der Waals surface area contributed by atoms with Crippen LogP contribution in [0.4, 0.5) is 0 Å². The first-order valence-electron chi connectivity index (χ1n) is 8.03. The third-order valence-corrected chi connectivity index (χ3v) is 4.59. The van der Waals surface area contributed by atoms with E-state index in [-0.39, 0.29) is 24.0 Å². The van der Waals surface area contributed by atoms with E-state index in [1.165, 1.54) is 0 Å². The molecule has 1 aliphatic rings. The molecule has 1 aromatic heterocycles. The van der Waals surface area contributed by atoms with Crippen molar-refractivity contribution in [2.45, 2.75) is 30.8 Å². The molecule has 0 aliphatic heterocycles. The fraction of sp³-hybridized carbons (Fsp3) is 0.471. The van der Waals surface area contributed by atoms with Crippen molar-refractivity contribution < 1.29 is 14.6 Å². The molecule has 24 heavy (non-hydrogen) atoms. The van der Waals surface area contributed by atoms with Gasteiger partial charge in [-0.3, -0.25) is 4.79 Å². The number of aliphatic hydroxyl groups is 1. The molecule has 0 spiro atoms. The van der Waals surface area contributed by atoms with Gasteiger partial charge in [0.25, 0.3) is 5.91 Å². The zero-order valence-electron chi connectivity index (χ0n) is 13.7. The Bertz CT molecular complexity index is 680. The smallest absolute Gasteiger partial charge is 0.273 e. The zero-order chi connectivity index (χ0) is 17.0. The highest BCUT2D eigenvalue weighted by Gasteiger charge is 2.45. The molecule has 1 heterocycles. The summed E-state index contributed by atoms with van der Waals surface area (Å²) < 4.78 is 6.56. The molecular weight excluding hydrogens is 308 g/mol. The SMILES string of the molecule is COCCn1cc(C(=O)NC2CC(CO)(c3ccccc3)C2)nn1. The van der Waals surface area contributed by atoms with Crippen LogP contribution in [0.1, 0.15) is 28.9 Å². The predicted molar refractivity (Wildman–Crippen MR) is 87.6 cm³/mol. The maximum Gasteiger partial charge on any atom is 0.273 e. The number of methoxy groups -OCH3 is 1. The van der Waals surface area contributed by atoms with Crippen LogP contribution in [0.3, 0.4) is 0 Å². The van der Waals surface area contributed by atoms with E-state index >= 15 is 0 Å². The average Bonchev–Trinajstić information content (AvgIpc) is 3.05. The molecule has 1 fully saturated rings. The van der Waals surface area contributed by atoms with Gasteiger partial charge in [0.1, 0.15) is 0 Å². The van der Waals surface area contributed by atoms with Crippen molar-refractivity contribution in [2.75, 3.05) is 20.3 Å². The minimum Gasteiger partial charge on any atom is -0.395 e. The molecule has 0 radical (unpaired) electrons. The number of aromatic nitrogens is 3. The summed E-state index contributed by atoms with van der Waals surface area (Å²) in [6.07, 6.45) is 3.05. The number of amides is 1. The summed E-state index contributed by atoms with van der Waals surface area (Å²) in [5.74, 6) is -0.233. The first-order valence-corrected chi connectivity index (χ1v) is 8.03. The van der Waals surface area contributed by atoms with Crippen LogP contribution in [0.2, 0.25) is 0 Å². The minimum atomic E-state index is -0.255. The maximum atomic E-state index is 12.3. The summed E-state index contributed by atoms with van der Waals surface area (Å²) in [5.41, 5.74) is 1.16. The highest BCUT2D eigenvalue weighted by molar-refractivity contribution is 5.92. The normalized spacial score (nSPS) is 22.8. The Balaban J connectivity index is 1.56. The molecule has 1 aliphatic carbocycles. The van der Waals surface area contributed by atoms with E-state index in [1.54, 1.807) is 18.0 Å². The van der Waals surface area contributed by atoms with E-state index in [0.29, 0.717) is 18.8 Å². The first-order chi connectivity index (χ1) is 11.7. The van der Waals surface area contributed by atoms with Crippen LogP contribution in [0.25, 0.3) is 0 Å². The van der Waals surface area contributed by atoms with Crippen molar-refractivity contribution in [3.8, 4) is 0 Å². The van der Waals surface area contributed by atoms with Gasteiger partial charge >= 0.3 is 0 Å². The fourth-order valence-electron chi connectivity index (χ4n) is 3.19. The maximum absolute atomic E-state index is 12.3. The lowest BCUT2D eigenvalue weighted by Gasteiger charge is -2.47. The second kappa shape index (κ2) is 7.11. The van der Waals surface area contributed by atoms with Gasteiger partial charge in [0.05, 0.1) is 26.0 Å². The summed E-state index contributed by atoms with van der Waals surface area (Å²) >= 11 is 0. The van der Waals surface area contributed by atoms with Gasteiger partial charge in [-0.15, -0.1) is 5.10 Å². The molecular formula is C17H22N4O3. The number of hydrogen-bond donors (Lipinski definition) is 2. The summed E-state index contributed by atoms with van der Waals surface area (Å²) in [6, 6.07) is 9.98. The Kier molecular flexibility index (Phi) is 4.92. The number of nitrogens with zero attached hydrogens (tertiary/aromatic N) is 3. The number of benzene rings is 1. The van der Waals surface area contributed by atoms with Crippen molar-refractivity contribution >= 4 is 5.91 Å². The number of hydrogen-bond acceptors (Lipinski definition) is 5. The Hall–Kier alpha value is -2.25.